The molecular weight excluding hydrogens is 478 g/mol. The number of carbonyl (C=O) groups excluding carboxylic acids is 1. The average molecular weight is 502 g/mol. The highest BCUT2D eigenvalue weighted by atomic mass is 32.1. The zero-order valence-electron chi connectivity index (χ0n) is 20.0. The molecule has 0 aliphatic heterocycles. The van der Waals surface area contributed by atoms with Crippen LogP contribution in [0.2, 0.25) is 0 Å². The van der Waals surface area contributed by atoms with Crippen LogP contribution in [0.3, 0.4) is 0 Å². The highest BCUT2D eigenvalue weighted by Gasteiger charge is 2.23. The number of ether oxygens (including phenoxy) is 1. The molecule has 3 heterocycles. The number of hydrogen-bond acceptors (Lipinski definition) is 7. The molecule has 0 saturated heterocycles. The van der Waals surface area contributed by atoms with Crippen molar-refractivity contribution in [2.75, 3.05) is 6.61 Å². The molecule has 0 aliphatic carbocycles. The van der Waals surface area contributed by atoms with Crippen LogP contribution < -0.4 is 11.2 Å². The van der Waals surface area contributed by atoms with Crippen LogP contribution in [-0.2, 0) is 11.2 Å². The highest BCUT2D eigenvalue weighted by molar-refractivity contribution is 7.18. The van der Waals surface area contributed by atoms with Crippen molar-refractivity contribution in [1.82, 2.24) is 14.7 Å². The van der Waals surface area contributed by atoms with Gasteiger partial charge in [-0.15, -0.1) is 11.3 Å². The molecule has 0 unspecified atom stereocenters. The first-order chi connectivity index (χ1) is 17.4. The van der Waals surface area contributed by atoms with Gasteiger partial charge in [0.15, 0.2) is 5.82 Å². The second-order valence-electron chi connectivity index (χ2n) is 8.17. The van der Waals surface area contributed by atoms with E-state index < -0.39 is 11.7 Å². The Morgan fingerprint density at radius 3 is 2.44 bits per heavy atom. The lowest BCUT2D eigenvalue weighted by molar-refractivity contribution is 0.0523. The fourth-order valence-electron chi connectivity index (χ4n) is 4.33. The fourth-order valence-corrected chi connectivity index (χ4v) is 5.49. The summed E-state index contributed by atoms with van der Waals surface area (Å²) in [7, 11) is 0. The summed E-state index contributed by atoms with van der Waals surface area (Å²) in [6.07, 6.45) is 0.784. The third-order valence-electron chi connectivity index (χ3n) is 6.02. The molecule has 0 bridgehead atoms. The molecule has 0 spiro atoms. The monoisotopic (exact) mass is 501 g/mol. The average Bonchev–Trinajstić information content (AvgIpc) is 3.51. The molecule has 0 radical (unpaired) electrons. The number of H-pyrrole nitrogens is 1. The summed E-state index contributed by atoms with van der Waals surface area (Å²) in [6.45, 7) is 5.70. The van der Waals surface area contributed by atoms with Gasteiger partial charge in [0.05, 0.1) is 12.0 Å². The van der Waals surface area contributed by atoms with E-state index in [1.54, 1.807) is 25.2 Å². The lowest BCUT2D eigenvalue weighted by atomic mass is 9.99. The number of thiophene rings is 1. The molecule has 3 aromatic heterocycles. The van der Waals surface area contributed by atoms with Gasteiger partial charge in [-0.25, -0.2) is 9.59 Å². The lowest BCUT2D eigenvalue weighted by Gasteiger charge is -2.16. The molecule has 9 heteroatoms. The van der Waals surface area contributed by atoms with Gasteiger partial charge in [0.1, 0.15) is 10.4 Å². The van der Waals surface area contributed by atoms with Crippen molar-refractivity contribution in [3.63, 3.8) is 0 Å². The van der Waals surface area contributed by atoms with Crippen molar-refractivity contribution in [1.29, 1.82) is 0 Å². The summed E-state index contributed by atoms with van der Waals surface area (Å²) in [4.78, 5) is 41.9. The molecule has 5 rings (SSSR count). The third-order valence-corrected chi connectivity index (χ3v) is 7.29. The normalized spacial score (nSPS) is 11.2. The molecule has 0 amide bonds. The number of nitrogens with one attached hydrogen (secondary N) is 1. The maximum absolute atomic E-state index is 13.2. The van der Waals surface area contributed by atoms with Gasteiger partial charge in [-0.1, -0.05) is 48.5 Å². The van der Waals surface area contributed by atoms with E-state index in [9.17, 15) is 14.4 Å². The summed E-state index contributed by atoms with van der Waals surface area (Å²) in [5, 5.41) is 4.33. The van der Waals surface area contributed by atoms with E-state index >= 15 is 0 Å². The number of benzene rings is 2. The van der Waals surface area contributed by atoms with Crippen LogP contribution in [0.25, 0.3) is 38.4 Å². The summed E-state index contributed by atoms with van der Waals surface area (Å²) in [5.74, 6) is -0.887. The van der Waals surface area contributed by atoms with Gasteiger partial charge < -0.3 is 9.30 Å². The maximum atomic E-state index is 13.2. The van der Waals surface area contributed by atoms with Crippen LogP contribution >= 0.6 is 11.3 Å². The SMILES string of the molecule is CCOC(=O)c1c(C)n(-c2ccc(-c3ccccc3-c3noc(=O)[nH]3)cc2)c2sc(CC)cc2c1=O. The Balaban J connectivity index is 1.67. The van der Waals surface area contributed by atoms with E-state index in [1.165, 1.54) is 0 Å². The largest absolute Gasteiger partial charge is 0.462 e. The molecule has 0 saturated carbocycles. The standard InChI is InChI=1S/C27H23N3O5S/c1-4-18-14-21-23(31)22(26(32)34-5-2)15(3)30(25(21)36-18)17-12-10-16(11-13-17)19-8-6-7-9-20(19)24-28-27(33)35-29-24/h6-14H,4-5H2,1-3H3,(H,28,29,33). The van der Waals surface area contributed by atoms with Gasteiger partial charge in [0.25, 0.3) is 0 Å². The number of aryl methyl sites for hydroxylation is 1. The number of esters is 1. The van der Waals surface area contributed by atoms with Crippen molar-refractivity contribution in [2.45, 2.75) is 27.2 Å². The minimum atomic E-state index is -0.618. The Kier molecular flexibility index (Phi) is 6.15. The Labute approximate surface area is 209 Å². The number of aromatic amines is 1. The fraction of sp³-hybridized carbons (Fsp3) is 0.185. The predicted octanol–water partition coefficient (Wildman–Crippen LogP) is 5.11. The number of fused-ring (bicyclic) bond motifs is 1. The molecule has 8 nitrogen and oxygen atoms in total. The third kappa shape index (κ3) is 3.97. The number of hydrogen-bond donors (Lipinski definition) is 1. The Morgan fingerprint density at radius 1 is 1.08 bits per heavy atom. The van der Waals surface area contributed by atoms with Crippen molar-refractivity contribution in [3.05, 3.63) is 91.5 Å². The molecule has 0 atom stereocenters. The first-order valence-corrected chi connectivity index (χ1v) is 12.4. The summed E-state index contributed by atoms with van der Waals surface area (Å²) < 4.78 is 11.8. The molecule has 36 heavy (non-hydrogen) atoms. The zero-order chi connectivity index (χ0) is 25.4. The van der Waals surface area contributed by atoms with Crippen molar-refractivity contribution < 1.29 is 14.1 Å². The summed E-state index contributed by atoms with van der Waals surface area (Å²) in [5.41, 5.74) is 3.58. The van der Waals surface area contributed by atoms with Gasteiger partial charge in [-0.3, -0.25) is 14.3 Å². The van der Waals surface area contributed by atoms with Crippen molar-refractivity contribution >= 4 is 27.5 Å². The minimum Gasteiger partial charge on any atom is -0.462 e. The van der Waals surface area contributed by atoms with Crippen LogP contribution in [0.1, 0.15) is 34.8 Å². The lowest BCUT2D eigenvalue weighted by Crippen LogP contribution is -2.23. The minimum absolute atomic E-state index is 0.0502. The number of carbonyl (C=O) groups is 1. The second kappa shape index (κ2) is 9.43. The molecule has 0 aliphatic rings. The van der Waals surface area contributed by atoms with Crippen LogP contribution in [0.15, 0.2) is 68.7 Å². The van der Waals surface area contributed by atoms with Gasteiger partial charge in [-0.05, 0) is 49.6 Å². The number of aromatic nitrogens is 3. The Morgan fingerprint density at radius 2 is 1.81 bits per heavy atom. The second-order valence-corrected chi connectivity index (χ2v) is 9.28. The van der Waals surface area contributed by atoms with Crippen molar-refractivity contribution in [3.8, 4) is 28.2 Å². The number of rotatable bonds is 6. The van der Waals surface area contributed by atoms with Gasteiger partial charge in [0.2, 0.25) is 5.43 Å². The van der Waals surface area contributed by atoms with Gasteiger partial charge in [-0.2, -0.15) is 0 Å². The van der Waals surface area contributed by atoms with E-state index in [4.69, 9.17) is 4.74 Å². The predicted molar refractivity (Wildman–Crippen MR) is 139 cm³/mol. The molecule has 0 fully saturated rings. The number of pyridine rings is 1. The Bertz CT molecular complexity index is 1710. The van der Waals surface area contributed by atoms with Crippen LogP contribution in [0.5, 0.6) is 0 Å². The first kappa shape index (κ1) is 23.5. The van der Waals surface area contributed by atoms with E-state index in [0.717, 1.165) is 38.5 Å². The quantitative estimate of drug-likeness (QED) is 0.324. The van der Waals surface area contributed by atoms with E-state index in [2.05, 4.69) is 14.7 Å². The van der Waals surface area contributed by atoms with Crippen molar-refractivity contribution in [2.24, 2.45) is 0 Å². The van der Waals surface area contributed by atoms with Crippen LogP contribution in [0.4, 0.5) is 0 Å². The molecule has 182 valence electrons. The summed E-state index contributed by atoms with van der Waals surface area (Å²) >= 11 is 1.54. The van der Waals surface area contributed by atoms with E-state index in [0.29, 0.717) is 16.9 Å². The van der Waals surface area contributed by atoms with Crippen LogP contribution in [-0.4, -0.2) is 27.3 Å². The molecular formula is C27H23N3O5S. The molecule has 1 N–H and O–H groups in total. The van der Waals surface area contributed by atoms with E-state index in [1.807, 2.05) is 66.1 Å². The number of nitrogens with zero attached hydrogens (tertiary/aromatic N) is 2. The smallest absolute Gasteiger partial charge is 0.439 e. The maximum Gasteiger partial charge on any atom is 0.439 e. The van der Waals surface area contributed by atoms with E-state index in [-0.39, 0.29) is 17.6 Å². The molecule has 5 aromatic rings. The molecule has 2 aromatic carbocycles. The summed E-state index contributed by atoms with van der Waals surface area (Å²) in [6, 6.07) is 17.2. The van der Waals surface area contributed by atoms with Gasteiger partial charge in [0, 0.05) is 21.8 Å². The zero-order valence-corrected chi connectivity index (χ0v) is 20.8. The topological polar surface area (TPSA) is 107 Å². The van der Waals surface area contributed by atoms with Gasteiger partial charge >= 0.3 is 11.7 Å². The van der Waals surface area contributed by atoms with Crippen LogP contribution in [0, 0.1) is 6.92 Å². The first-order valence-electron chi connectivity index (χ1n) is 11.5. The Hall–Kier alpha value is -4.24. The highest BCUT2D eigenvalue weighted by Crippen LogP contribution is 2.33.